The molecule has 7 heteroatoms. The molecule has 2 unspecified atom stereocenters. The Morgan fingerprint density at radius 2 is 2.12 bits per heavy atom. The van der Waals surface area contributed by atoms with Crippen molar-refractivity contribution in [2.24, 2.45) is 5.92 Å². The number of piperidine rings is 1. The van der Waals surface area contributed by atoms with Gasteiger partial charge in [-0.3, -0.25) is 9.80 Å². The summed E-state index contributed by atoms with van der Waals surface area (Å²) in [5, 5.41) is 10.2. The molecule has 0 aliphatic carbocycles. The fourth-order valence-electron chi connectivity index (χ4n) is 4.35. The Morgan fingerprint density at radius 1 is 1.12 bits per heavy atom. The number of benzene rings is 1. The second-order valence-electron chi connectivity index (χ2n) is 7.25. The van der Waals surface area contributed by atoms with Crippen LogP contribution in [0.25, 0.3) is 11.0 Å². The third-order valence-corrected chi connectivity index (χ3v) is 6.15. The van der Waals surface area contributed by atoms with Gasteiger partial charge >= 0.3 is 0 Å². The van der Waals surface area contributed by atoms with Gasteiger partial charge in [-0.1, -0.05) is 12.1 Å². The second kappa shape index (κ2) is 6.48. The van der Waals surface area contributed by atoms with Crippen LogP contribution in [0.5, 0.6) is 0 Å². The van der Waals surface area contributed by atoms with Crippen LogP contribution in [0.3, 0.4) is 0 Å². The molecule has 2 aromatic heterocycles. The van der Waals surface area contributed by atoms with Gasteiger partial charge in [0.05, 0.1) is 11.2 Å². The molecule has 0 radical (unpaired) electrons. The second-order valence-corrected chi connectivity index (χ2v) is 7.97. The molecule has 0 N–H and O–H groups in total. The minimum atomic E-state index is 0.604. The van der Waals surface area contributed by atoms with Crippen molar-refractivity contribution in [3.8, 4) is 0 Å². The predicted molar refractivity (Wildman–Crippen MR) is 96.1 cm³/mol. The summed E-state index contributed by atoms with van der Waals surface area (Å²) in [6.45, 7) is 5.38. The molecule has 25 heavy (non-hydrogen) atoms. The van der Waals surface area contributed by atoms with Crippen LogP contribution >= 0.6 is 11.3 Å². The zero-order valence-electron chi connectivity index (χ0n) is 14.0. The number of fused-ring (bicyclic) bond motifs is 5. The molecule has 5 heterocycles. The summed E-state index contributed by atoms with van der Waals surface area (Å²) in [5.41, 5.74) is 6.11. The summed E-state index contributed by atoms with van der Waals surface area (Å²) in [6.07, 6.45) is 2.62. The molecule has 3 aliphatic rings. The Balaban J connectivity index is 1.34. The van der Waals surface area contributed by atoms with E-state index in [1.807, 2.05) is 17.6 Å². The van der Waals surface area contributed by atoms with Crippen molar-refractivity contribution in [2.45, 2.75) is 32.0 Å². The van der Waals surface area contributed by atoms with E-state index >= 15 is 0 Å². The Labute approximate surface area is 150 Å². The summed E-state index contributed by atoms with van der Waals surface area (Å²) >= 11 is 1.68. The van der Waals surface area contributed by atoms with Crippen LogP contribution in [-0.2, 0) is 13.1 Å². The molecular weight excluding hydrogens is 334 g/mol. The third kappa shape index (κ3) is 3.07. The molecule has 0 spiro atoms. The van der Waals surface area contributed by atoms with E-state index in [-0.39, 0.29) is 0 Å². The maximum atomic E-state index is 4.92. The van der Waals surface area contributed by atoms with E-state index in [2.05, 4.69) is 36.5 Å². The van der Waals surface area contributed by atoms with E-state index in [4.69, 9.17) is 4.63 Å². The Kier molecular flexibility index (Phi) is 4.00. The maximum Gasteiger partial charge on any atom is 0.139 e. The maximum absolute atomic E-state index is 4.92. The van der Waals surface area contributed by atoms with Gasteiger partial charge in [0, 0.05) is 44.1 Å². The quantitative estimate of drug-likeness (QED) is 0.717. The monoisotopic (exact) mass is 355 g/mol. The number of rotatable bonds is 4. The van der Waals surface area contributed by atoms with Gasteiger partial charge in [0.15, 0.2) is 0 Å². The molecular formula is C18H21N5OS. The lowest BCUT2D eigenvalue weighted by atomic mass is 9.94. The van der Waals surface area contributed by atoms with E-state index in [1.165, 1.54) is 37.2 Å². The Hall–Kier alpha value is -1.83. The first kappa shape index (κ1) is 15.4. The van der Waals surface area contributed by atoms with Crippen LogP contribution in [0, 0.1) is 5.92 Å². The first-order chi connectivity index (χ1) is 12.3. The van der Waals surface area contributed by atoms with E-state index in [0.29, 0.717) is 6.04 Å². The average molecular weight is 355 g/mol. The fourth-order valence-corrected chi connectivity index (χ4v) is 4.90. The summed E-state index contributed by atoms with van der Waals surface area (Å²) < 4.78 is 4.92. The van der Waals surface area contributed by atoms with E-state index < -0.39 is 0 Å². The molecule has 0 amide bonds. The lowest BCUT2D eigenvalue weighted by molar-refractivity contribution is 0.123. The first-order valence-corrected chi connectivity index (χ1v) is 9.83. The molecule has 0 saturated carbocycles. The van der Waals surface area contributed by atoms with Crippen LogP contribution in [0.1, 0.15) is 24.1 Å². The molecule has 2 bridgehead atoms. The number of aromatic nitrogens is 3. The lowest BCUT2D eigenvalue weighted by Gasteiger charge is -2.36. The highest BCUT2D eigenvalue weighted by molar-refractivity contribution is 7.07. The third-order valence-electron chi connectivity index (χ3n) is 5.51. The van der Waals surface area contributed by atoms with Crippen molar-refractivity contribution in [3.63, 3.8) is 0 Å². The molecule has 6 rings (SSSR count). The van der Waals surface area contributed by atoms with Gasteiger partial charge < -0.3 is 0 Å². The van der Waals surface area contributed by atoms with Gasteiger partial charge in [0.1, 0.15) is 11.0 Å². The molecule has 1 aromatic carbocycles. The van der Waals surface area contributed by atoms with Crippen LogP contribution in [-0.4, -0.2) is 50.8 Å². The highest BCUT2D eigenvalue weighted by Gasteiger charge is 2.35. The summed E-state index contributed by atoms with van der Waals surface area (Å²) in [7, 11) is 0. The van der Waals surface area contributed by atoms with Crippen molar-refractivity contribution in [1.29, 1.82) is 0 Å². The van der Waals surface area contributed by atoms with E-state index in [0.717, 1.165) is 36.6 Å². The van der Waals surface area contributed by atoms with Crippen molar-refractivity contribution in [2.75, 3.05) is 19.6 Å². The molecule has 130 valence electrons. The van der Waals surface area contributed by atoms with Crippen molar-refractivity contribution in [3.05, 3.63) is 40.3 Å². The minimum Gasteiger partial charge on any atom is -0.296 e. The molecule has 2 atom stereocenters. The van der Waals surface area contributed by atoms with Crippen molar-refractivity contribution < 1.29 is 4.63 Å². The summed E-state index contributed by atoms with van der Waals surface area (Å²) in [6, 6.07) is 6.76. The highest BCUT2D eigenvalue weighted by Crippen LogP contribution is 2.30. The number of hydrogen-bond acceptors (Lipinski definition) is 7. The lowest BCUT2D eigenvalue weighted by Crippen LogP contribution is -2.43. The Bertz CT molecular complexity index is 848. The number of hydrogen-bond donors (Lipinski definition) is 0. The molecule has 3 aromatic rings. The van der Waals surface area contributed by atoms with Gasteiger partial charge in [0.25, 0.3) is 0 Å². The van der Waals surface area contributed by atoms with E-state index in [1.54, 1.807) is 11.3 Å². The first-order valence-electron chi connectivity index (χ1n) is 8.89. The normalized spacial score (nSPS) is 24.8. The number of thiazole rings is 1. The van der Waals surface area contributed by atoms with Gasteiger partial charge in [-0.05, 0) is 40.7 Å². The zero-order chi connectivity index (χ0) is 16.6. The van der Waals surface area contributed by atoms with Gasteiger partial charge in [0.2, 0.25) is 0 Å². The Morgan fingerprint density at radius 3 is 3.04 bits per heavy atom. The zero-order valence-corrected chi connectivity index (χ0v) is 14.9. The molecule has 3 saturated heterocycles. The highest BCUT2D eigenvalue weighted by atomic mass is 32.1. The standard InChI is InChI=1S/C18H21N5OS/c1-2-14(18-17(3-1)20-24-21-18)8-23-7-13-4-5-16(23)10-22(6-13)9-15-11-25-12-19-15/h1-3,11-13,16H,4-10H2. The largest absolute Gasteiger partial charge is 0.296 e. The van der Waals surface area contributed by atoms with Gasteiger partial charge in [-0.2, -0.15) is 0 Å². The molecule has 6 nitrogen and oxygen atoms in total. The van der Waals surface area contributed by atoms with Gasteiger partial charge in [-0.25, -0.2) is 9.61 Å². The smallest absolute Gasteiger partial charge is 0.139 e. The van der Waals surface area contributed by atoms with E-state index in [9.17, 15) is 0 Å². The minimum absolute atomic E-state index is 0.604. The topological polar surface area (TPSA) is 58.3 Å². The van der Waals surface area contributed by atoms with Crippen LogP contribution in [0.15, 0.2) is 33.7 Å². The average Bonchev–Trinajstić information content (AvgIpc) is 3.22. The predicted octanol–water partition coefficient (Wildman–Crippen LogP) is 2.78. The molecule has 3 aliphatic heterocycles. The number of nitrogens with zero attached hydrogens (tertiary/aromatic N) is 5. The van der Waals surface area contributed by atoms with Crippen molar-refractivity contribution in [1.82, 2.24) is 25.1 Å². The van der Waals surface area contributed by atoms with Gasteiger partial charge in [-0.15, -0.1) is 11.3 Å². The van der Waals surface area contributed by atoms with Crippen molar-refractivity contribution >= 4 is 22.4 Å². The summed E-state index contributed by atoms with van der Waals surface area (Å²) in [5.74, 6) is 0.743. The van der Waals surface area contributed by atoms with Crippen LogP contribution in [0.2, 0.25) is 0 Å². The molecule has 3 fully saturated rings. The van der Waals surface area contributed by atoms with Crippen LogP contribution in [0.4, 0.5) is 0 Å². The summed E-state index contributed by atoms with van der Waals surface area (Å²) in [4.78, 5) is 9.69. The fraction of sp³-hybridized carbons (Fsp3) is 0.500. The van der Waals surface area contributed by atoms with Crippen LogP contribution < -0.4 is 0 Å². The SMILES string of the molecule is c1cc(CN2CC3CCC2CN(Cc2cscn2)C3)c2nonc2c1.